The van der Waals surface area contributed by atoms with Crippen molar-refractivity contribution < 1.29 is 9.18 Å². The van der Waals surface area contributed by atoms with Crippen molar-refractivity contribution in [2.75, 3.05) is 5.32 Å². The van der Waals surface area contributed by atoms with E-state index in [9.17, 15) is 9.18 Å². The molecule has 1 unspecified atom stereocenters. The molecule has 0 radical (unpaired) electrons. The number of nitrogens with two attached hydrogens (primary N) is 1. The molecule has 2 aromatic rings. The third kappa shape index (κ3) is 3.27. The quantitative estimate of drug-likeness (QED) is 0.907. The highest BCUT2D eigenvalue weighted by Gasteiger charge is 2.20. The summed E-state index contributed by atoms with van der Waals surface area (Å²) in [5.41, 5.74) is 7.35. The molecule has 0 bridgehead atoms. The number of anilines is 1. The first-order valence-electron chi connectivity index (χ1n) is 6.05. The van der Waals surface area contributed by atoms with Crippen LogP contribution < -0.4 is 11.1 Å². The minimum absolute atomic E-state index is 0.412. The SMILES string of the molecule is Cc1ccc(F)cc1C(Nc1cccc(Cl)c1)C(N)=O. The van der Waals surface area contributed by atoms with Gasteiger partial charge in [0.2, 0.25) is 5.91 Å². The molecule has 1 atom stereocenters. The molecule has 0 spiro atoms. The average Bonchev–Trinajstić information content (AvgIpc) is 2.39. The van der Waals surface area contributed by atoms with Crippen molar-refractivity contribution in [3.8, 4) is 0 Å². The van der Waals surface area contributed by atoms with Gasteiger partial charge in [-0.05, 0) is 48.4 Å². The molecule has 0 saturated carbocycles. The van der Waals surface area contributed by atoms with E-state index in [1.807, 2.05) is 0 Å². The monoisotopic (exact) mass is 292 g/mol. The van der Waals surface area contributed by atoms with Crippen LogP contribution >= 0.6 is 11.6 Å². The van der Waals surface area contributed by atoms with Gasteiger partial charge in [-0.15, -0.1) is 0 Å². The van der Waals surface area contributed by atoms with E-state index in [2.05, 4.69) is 5.32 Å². The molecular weight excluding hydrogens is 279 g/mol. The lowest BCUT2D eigenvalue weighted by molar-refractivity contribution is -0.118. The van der Waals surface area contributed by atoms with Crippen LogP contribution in [-0.4, -0.2) is 5.91 Å². The molecule has 3 N–H and O–H groups in total. The van der Waals surface area contributed by atoms with Crippen molar-refractivity contribution in [3.63, 3.8) is 0 Å². The molecule has 0 aliphatic rings. The molecule has 0 aromatic heterocycles. The second-order valence-electron chi connectivity index (χ2n) is 4.49. The number of nitrogens with one attached hydrogen (secondary N) is 1. The number of hydrogen-bond donors (Lipinski definition) is 2. The van der Waals surface area contributed by atoms with Crippen LogP contribution in [0.2, 0.25) is 5.02 Å². The van der Waals surface area contributed by atoms with Crippen LogP contribution in [0, 0.1) is 12.7 Å². The lowest BCUT2D eigenvalue weighted by atomic mass is 10.00. The van der Waals surface area contributed by atoms with Gasteiger partial charge in [0.1, 0.15) is 11.9 Å². The number of benzene rings is 2. The number of halogens is 2. The maximum Gasteiger partial charge on any atom is 0.244 e. The van der Waals surface area contributed by atoms with E-state index in [-0.39, 0.29) is 0 Å². The fraction of sp³-hybridized carbons (Fsp3) is 0.133. The Hall–Kier alpha value is -2.07. The summed E-state index contributed by atoms with van der Waals surface area (Å²) < 4.78 is 13.4. The molecule has 0 heterocycles. The number of rotatable bonds is 4. The van der Waals surface area contributed by atoms with E-state index in [0.29, 0.717) is 16.3 Å². The maximum atomic E-state index is 13.4. The predicted octanol–water partition coefficient (Wildman–Crippen LogP) is 3.43. The molecule has 5 heteroatoms. The zero-order chi connectivity index (χ0) is 14.7. The van der Waals surface area contributed by atoms with E-state index in [1.165, 1.54) is 12.1 Å². The van der Waals surface area contributed by atoms with E-state index in [0.717, 1.165) is 5.56 Å². The second kappa shape index (κ2) is 5.92. The molecular formula is C15H14ClFN2O. The highest BCUT2D eigenvalue weighted by atomic mass is 35.5. The largest absolute Gasteiger partial charge is 0.370 e. The summed E-state index contributed by atoms with van der Waals surface area (Å²) in [6.07, 6.45) is 0. The third-order valence-corrected chi connectivity index (χ3v) is 3.21. The average molecular weight is 293 g/mol. The first kappa shape index (κ1) is 14.3. The van der Waals surface area contributed by atoms with E-state index >= 15 is 0 Å². The lowest BCUT2D eigenvalue weighted by Gasteiger charge is -2.19. The van der Waals surface area contributed by atoms with Crippen LogP contribution in [0.4, 0.5) is 10.1 Å². The van der Waals surface area contributed by atoms with E-state index in [1.54, 1.807) is 37.3 Å². The van der Waals surface area contributed by atoms with Crippen LogP contribution in [0.5, 0.6) is 0 Å². The lowest BCUT2D eigenvalue weighted by Crippen LogP contribution is -2.28. The van der Waals surface area contributed by atoms with Gasteiger partial charge in [-0.3, -0.25) is 4.79 Å². The molecule has 2 rings (SSSR count). The Morgan fingerprint density at radius 2 is 2.05 bits per heavy atom. The molecule has 0 saturated heterocycles. The van der Waals surface area contributed by atoms with Gasteiger partial charge in [0.15, 0.2) is 0 Å². The zero-order valence-electron chi connectivity index (χ0n) is 10.9. The molecule has 20 heavy (non-hydrogen) atoms. The van der Waals surface area contributed by atoms with Gasteiger partial charge in [-0.1, -0.05) is 23.7 Å². The fourth-order valence-electron chi connectivity index (χ4n) is 1.97. The van der Waals surface area contributed by atoms with Gasteiger partial charge in [0.25, 0.3) is 0 Å². The number of carbonyl (C=O) groups excluding carboxylic acids is 1. The van der Waals surface area contributed by atoms with Crippen LogP contribution in [0.25, 0.3) is 0 Å². The van der Waals surface area contributed by atoms with Crippen LogP contribution in [0.1, 0.15) is 17.2 Å². The summed E-state index contributed by atoms with van der Waals surface area (Å²) in [6.45, 7) is 1.80. The summed E-state index contributed by atoms with van der Waals surface area (Å²) in [6, 6.07) is 10.4. The highest BCUT2D eigenvalue weighted by Crippen LogP contribution is 2.24. The van der Waals surface area contributed by atoms with Crippen molar-refractivity contribution in [2.24, 2.45) is 5.73 Å². The van der Waals surface area contributed by atoms with Crippen LogP contribution in [0.15, 0.2) is 42.5 Å². The predicted molar refractivity (Wildman–Crippen MR) is 78.1 cm³/mol. The minimum Gasteiger partial charge on any atom is -0.370 e. The summed E-state index contributed by atoms with van der Waals surface area (Å²) in [5.74, 6) is -0.997. The normalized spacial score (nSPS) is 11.9. The van der Waals surface area contributed by atoms with E-state index < -0.39 is 17.8 Å². The highest BCUT2D eigenvalue weighted by molar-refractivity contribution is 6.30. The topological polar surface area (TPSA) is 55.1 Å². The molecule has 104 valence electrons. The number of aryl methyl sites for hydroxylation is 1. The first-order valence-corrected chi connectivity index (χ1v) is 6.42. The number of amides is 1. The summed E-state index contributed by atoms with van der Waals surface area (Å²) >= 11 is 5.89. The fourth-order valence-corrected chi connectivity index (χ4v) is 2.16. The van der Waals surface area contributed by atoms with Crippen molar-refractivity contribution in [1.82, 2.24) is 0 Å². The van der Waals surface area contributed by atoms with Gasteiger partial charge >= 0.3 is 0 Å². The van der Waals surface area contributed by atoms with Gasteiger partial charge < -0.3 is 11.1 Å². The Labute approximate surface area is 121 Å². The Balaban J connectivity index is 2.37. The van der Waals surface area contributed by atoms with Gasteiger partial charge in [-0.25, -0.2) is 4.39 Å². The number of carbonyl (C=O) groups is 1. The van der Waals surface area contributed by atoms with Crippen LogP contribution in [0.3, 0.4) is 0 Å². The first-order chi connectivity index (χ1) is 9.47. The number of hydrogen-bond acceptors (Lipinski definition) is 2. The summed E-state index contributed by atoms with van der Waals surface area (Å²) in [7, 11) is 0. The van der Waals surface area contributed by atoms with Crippen molar-refractivity contribution in [1.29, 1.82) is 0 Å². The Morgan fingerprint density at radius 3 is 2.70 bits per heavy atom. The van der Waals surface area contributed by atoms with Crippen molar-refractivity contribution in [3.05, 3.63) is 64.4 Å². The molecule has 0 fully saturated rings. The molecule has 1 amide bonds. The van der Waals surface area contributed by atoms with Crippen LogP contribution in [-0.2, 0) is 4.79 Å². The molecule has 2 aromatic carbocycles. The maximum absolute atomic E-state index is 13.4. The van der Waals surface area contributed by atoms with Crippen molar-refractivity contribution in [2.45, 2.75) is 13.0 Å². The second-order valence-corrected chi connectivity index (χ2v) is 4.93. The van der Waals surface area contributed by atoms with Gasteiger partial charge in [-0.2, -0.15) is 0 Å². The Morgan fingerprint density at radius 1 is 1.30 bits per heavy atom. The molecule has 0 aliphatic carbocycles. The Kier molecular flexibility index (Phi) is 4.25. The zero-order valence-corrected chi connectivity index (χ0v) is 11.6. The van der Waals surface area contributed by atoms with Gasteiger partial charge in [0, 0.05) is 10.7 Å². The van der Waals surface area contributed by atoms with E-state index in [4.69, 9.17) is 17.3 Å². The number of primary amides is 1. The summed E-state index contributed by atoms with van der Waals surface area (Å²) in [5, 5.41) is 3.51. The standard InChI is InChI=1S/C15H14ClFN2O/c1-9-5-6-11(17)8-13(9)14(15(18)20)19-12-4-2-3-10(16)7-12/h2-8,14,19H,1H3,(H2,18,20). The smallest absolute Gasteiger partial charge is 0.244 e. The Bertz CT molecular complexity index is 646. The van der Waals surface area contributed by atoms with Gasteiger partial charge in [0.05, 0.1) is 0 Å². The molecule has 3 nitrogen and oxygen atoms in total. The molecule has 0 aliphatic heterocycles. The summed E-state index contributed by atoms with van der Waals surface area (Å²) in [4.78, 5) is 11.7. The third-order valence-electron chi connectivity index (χ3n) is 2.97. The van der Waals surface area contributed by atoms with Crippen molar-refractivity contribution >= 4 is 23.2 Å². The minimum atomic E-state index is -0.816.